The fourth-order valence-electron chi connectivity index (χ4n) is 3.41. The van der Waals surface area contributed by atoms with Gasteiger partial charge in [-0.25, -0.2) is 18.2 Å². The molecule has 0 aliphatic heterocycles. The molecular weight excluding hydrogens is 452 g/mol. The second-order valence-corrected chi connectivity index (χ2v) is 9.57. The van der Waals surface area contributed by atoms with Gasteiger partial charge in [0.1, 0.15) is 6.54 Å². The Bertz CT molecular complexity index is 1320. The summed E-state index contributed by atoms with van der Waals surface area (Å²) in [6, 6.07) is 6.92. The molecule has 32 heavy (non-hydrogen) atoms. The predicted molar refractivity (Wildman–Crippen MR) is 122 cm³/mol. The number of carbonyl (C=O) groups is 2. The first-order chi connectivity index (χ1) is 15.4. The first-order valence-corrected chi connectivity index (χ1v) is 12.0. The van der Waals surface area contributed by atoms with E-state index in [0.717, 1.165) is 5.52 Å². The fourth-order valence-corrected chi connectivity index (χ4v) is 5.28. The summed E-state index contributed by atoms with van der Waals surface area (Å²) in [5, 5.41) is 5.54. The number of hydrogen-bond donors (Lipinski definition) is 2. The third-order valence-corrected chi connectivity index (χ3v) is 7.09. The number of para-hydroxylation sites is 1. The van der Waals surface area contributed by atoms with Gasteiger partial charge >= 0.3 is 5.97 Å². The Balaban J connectivity index is 1.41. The van der Waals surface area contributed by atoms with Gasteiger partial charge in [-0.05, 0) is 18.6 Å². The number of nitrogens with one attached hydrogen (secondary N) is 2. The predicted octanol–water partition coefficient (Wildman–Crippen LogP) is 2.65. The Kier molecular flexibility index (Phi) is 6.10. The number of carbonyl (C=O) groups excluding carboxylic acids is 2. The zero-order valence-electron chi connectivity index (χ0n) is 17.0. The second-order valence-electron chi connectivity index (χ2n) is 7.00. The molecule has 2 heterocycles. The van der Waals surface area contributed by atoms with Crippen molar-refractivity contribution in [3.63, 3.8) is 0 Å². The van der Waals surface area contributed by atoms with Crippen LogP contribution in [0.1, 0.15) is 16.8 Å². The van der Waals surface area contributed by atoms with Crippen molar-refractivity contribution in [1.29, 1.82) is 0 Å². The number of amides is 1. The van der Waals surface area contributed by atoms with Crippen molar-refractivity contribution < 1.29 is 22.7 Å². The van der Waals surface area contributed by atoms with E-state index in [-0.39, 0.29) is 23.4 Å². The molecule has 0 radical (unpaired) electrons. The molecule has 9 nitrogen and oxygen atoms in total. The summed E-state index contributed by atoms with van der Waals surface area (Å²) in [6.45, 7) is 0.00230. The molecule has 2 aromatic heterocycles. The van der Waals surface area contributed by atoms with E-state index in [1.165, 1.54) is 30.7 Å². The van der Waals surface area contributed by atoms with Gasteiger partial charge in [0.2, 0.25) is 5.91 Å². The van der Waals surface area contributed by atoms with Gasteiger partial charge in [-0.2, -0.15) is 0 Å². The number of thiazole rings is 1. The molecule has 1 atom stereocenters. The first kappa shape index (κ1) is 21.8. The van der Waals surface area contributed by atoms with E-state index in [4.69, 9.17) is 4.74 Å². The minimum Gasteiger partial charge on any atom is -0.465 e. The lowest BCUT2D eigenvalue weighted by Gasteiger charge is -2.18. The van der Waals surface area contributed by atoms with Crippen LogP contribution in [-0.2, 0) is 26.1 Å². The number of sulfonamides is 1. The number of esters is 1. The van der Waals surface area contributed by atoms with Crippen LogP contribution < -0.4 is 10.0 Å². The zero-order valence-corrected chi connectivity index (χ0v) is 18.7. The van der Waals surface area contributed by atoms with E-state index >= 15 is 0 Å². The number of anilines is 1. The molecule has 0 saturated carbocycles. The lowest BCUT2D eigenvalue weighted by atomic mass is 10.1. The number of aromatic nitrogens is 2. The first-order valence-electron chi connectivity index (χ1n) is 9.63. The molecule has 3 aromatic rings. The topological polar surface area (TPSA) is 119 Å². The molecule has 11 heteroatoms. The van der Waals surface area contributed by atoms with Gasteiger partial charge in [-0.15, -0.1) is 11.3 Å². The van der Waals surface area contributed by atoms with Crippen molar-refractivity contribution >= 4 is 49.3 Å². The molecule has 1 aliphatic rings. The van der Waals surface area contributed by atoms with Crippen LogP contribution in [-0.4, -0.2) is 43.0 Å². The van der Waals surface area contributed by atoms with Crippen LogP contribution in [0.5, 0.6) is 0 Å². The fraction of sp³-hybridized carbons (Fsp3) is 0.190. The molecule has 1 unspecified atom stereocenters. The van der Waals surface area contributed by atoms with Gasteiger partial charge in [0.25, 0.3) is 10.0 Å². The molecule has 1 aromatic carbocycles. The summed E-state index contributed by atoms with van der Waals surface area (Å²) in [5.74, 6) is -0.738. The van der Waals surface area contributed by atoms with E-state index in [1.54, 1.807) is 34.4 Å². The monoisotopic (exact) mass is 472 g/mol. The zero-order chi connectivity index (χ0) is 22.7. The Labute approximate surface area is 188 Å². The molecule has 0 fully saturated rings. The molecule has 0 spiro atoms. The number of allylic oxidation sites excluding steroid dienone is 1. The number of rotatable bonds is 7. The maximum Gasteiger partial charge on any atom is 0.340 e. The van der Waals surface area contributed by atoms with Crippen LogP contribution >= 0.6 is 11.3 Å². The highest BCUT2D eigenvalue weighted by molar-refractivity contribution is 7.96. The van der Waals surface area contributed by atoms with E-state index in [9.17, 15) is 18.0 Å². The number of fused-ring (bicyclic) bond motifs is 1. The van der Waals surface area contributed by atoms with Crippen molar-refractivity contribution in [1.82, 2.24) is 14.9 Å². The van der Waals surface area contributed by atoms with Crippen LogP contribution in [0.3, 0.4) is 0 Å². The molecule has 2 N–H and O–H groups in total. The van der Waals surface area contributed by atoms with Crippen molar-refractivity contribution in [2.24, 2.45) is 0 Å². The summed E-state index contributed by atoms with van der Waals surface area (Å²) in [4.78, 5) is 28.7. The molecule has 4 rings (SSSR count). The Morgan fingerprint density at radius 1 is 1.31 bits per heavy atom. The summed E-state index contributed by atoms with van der Waals surface area (Å²) in [5.41, 5.74) is 1.13. The third-order valence-electron chi connectivity index (χ3n) is 4.88. The lowest BCUT2D eigenvalue weighted by molar-refractivity contribution is -0.122. The van der Waals surface area contributed by atoms with E-state index in [2.05, 4.69) is 15.0 Å². The highest BCUT2D eigenvalue weighted by atomic mass is 32.2. The number of benzene rings is 1. The SMILES string of the molecule is COC(=O)c1cn(CC(=O)NC2C=CC(S(=O)(=O)Nc3nccs3)=CC2)c2ccccc12. The van der Waals surface area contributed by atoms with Crippen molar-refractivity contribution in [2.45, 2.75) is 19.0 Å². The van der Waals surface area contributed by atoms with E-state index in [1.807, 2.05) is 18.2 Å². The van der Waals surface area contributed by atoms with Crippen LogP contribution in [0.15, 0.2) is 65.2 Å². The minimum atomic E-state index is -3.73. The quantitative estimate of drug-likeness (QED) is 0.510. The minimum absolute atomic E-state index is 0.00230. The smallest absolute Gasteiger partial charge is 0.340 e. The normalized spacial score (nSPS) is 15.9. The van der Waals surface area contributed by atoms with Gasteiger partial charge in [0.15, 0.2) is 5.13 Å². The highest BCUT2D eigenvalue weighted by Gasteiger charge is 2.22. The van der Waals surface area contributed by atoms with Gasteiger partial charge in [0.05, 0.1) is 23.6 Å². The summed E-state index contributed by atoms with van der Waals surface area (Å²) in [7, 11) is -2.42. The molecule has 0 bridgehead atoms. The molecule has 0 saturated heterocycles. The van der Waals surface area contributed by atoms with Crippen LogP contribution in [0.25, 0.3) is 10.9 Å². The summed E-state index contributed by atoms with van der Waals surface area (Å²) >= 11 is 1.19. The maximum atomic E-state index is 12.6. The Morgan fingerprint density at radius 3 is 2.81 bits per heavy atom. The number of nitrogens with zero attached hydrogens (tertiary/aromatic N) is 2. The van der Waals surface area contributed by atoms with E-state index < -0.39 is 16.0 Å². The van der Waals surface area contributed by atoms with Crippen molar-refractivity contribution in [3.05, 3.63) is 70.7 Å². The van der Waals surface area contributed by atoms with Crippen molar-refractivity contribution in [2.75, 3.05) is 11.8 Å². The number of ether oxygens (including phenoxy) is 1. The third kappa shape index (κ3) is 4.58. The molecule has 1 aliphatic carbocycles. The molecular formula is C21H20N4O5S2. The highest BCUT2D eigenvalue weighted by Crippen LogP contribution is 2.23. The lowest BCUT2D eigenvalue weighted by Crippen LogP contribution is -2.36. The Morgan fingerprint density at radius 2 is 2.12 bits per heavy atom. The maximum absolute atomic E-state index is 12.6. The average molecular weight is 473 g/mol. The second kappa shape index (κ2) is 8.97. The standard InChI is InChI=1S/C21H20N4O5S2/c1-30-20(27)17-12-25(18-5-3-2-4-16(17)18)13-19(26)23-14-6-8-15(9-7-14)32(28,29)24-21-22-10-11-31-21/h2-6,8-12,14H,7,13H2,1H3,(H,22,24)(H,23,26). The van der Waals surface area contributed by atoms with Gasteiger partial charge in [-0.1, -0.05) is 30.4 Å². The molecule has 166 valence electrons. The molecule has 1 amide bonds. The number of methoxy groups -OCH3 is 1. The van der Waals surface area contributed by atoms with Gasteiger partial charge in [0, 0.05) is 28.7 Å². The largest absolute Gasteiger partial charge is 0.465 e. The van der Waals surface area contributed by atoms with Crippen LogP contribution in [0.2, 0.25) is 0 Å². The van der Waals surface area contributed by atoms with Gasteiger partial charge in [-0.3, -0.25) is 9.52 Å². The number of hydrogen-bond acceptors (Lipinski definition) is 7. The Hall–Kier alpha value is -3.44. The van der Waals surface area contributed by atoms with Crippen molar-refractivity contribution in [3.8, 4) is 0 Å². The van der Waals surface area contributed by atoms with Crippen LogP contribution in [0, 0.1) is 0 Å². The average Bonchev–Trinajstić information content (AvgIpc) is 3.41. The van der Waals surface area contributed by atoms with Crippen LogP contribution in [0.4, 0.5) is 5.13 Å². The summed E-state index contributed by atoms with van der Waals surface area (Å²) < 4.78 is 33.8. The summed E-state index contributed by atoms with van der Waals surface area (Å²) in [6.07, 6.45) is 8.10. The van der Waals surface area contributed by atoms with E-state index in [0.29, 0.717) is 22.5 Å². The van der Waals surface area contributed by atoms with Gasteiger partial charge < -0.3 is 14.6 Å².